The molecule has 116 valence electrons. The minimum absolute atomic E-state index is 0.0339. The third-order valence-corrected chi connectivity index (χ3v) is 5.01. The summed E-state index contributed by atoms with van der Waals surface area (Å²) in [5, 5.41) is 8.90. The molecule has 4 rings (SSSR count). The number of nitrogens with zero attached hydrogens (tertiary/aromatic N) is 3. The summed E-state index contributed by atoms with van der Waals surface area (Å²) < 4.78 is 7.31. The van der Waals surface area contributed by atoms with Crippen LogP contribution in [-0.2, 0) is 11.2 Å². The molecule has 1 aliphatic heterocycles. The zero-order valence-corrected chi connectivity index (χ0v) is 12.8. The summed E-state index contributed by atoms with van der Waals surface area (Å²) in [4.78, 5) is 17.3. The number of hydrogen-bond donors (Lipinski definition) is 0. The molecule has 1 aromatic carbocycles. The van der Waals surface area contributed by atoms with E-state index in [-0.39, 0.29) is 11.2 Å². The first kappa shape index (κ1) is 14.2. The minimum atomic E-state index is 0.0339. The predicted octanol–water partition coefficient (Wildman–Crippen LogP) is 2.67. The van der Waals surface area contributed by atoms with E-state index in [2.05, 4.69) is 11.1 Å². The van der Waals surface area contributed by atoms with Crippen molar-refractivity contribution in [2.75, 3.05) is 13.2 Å². The number of ether oxygens (including phenoxy) is 1. The molecule has 5 nitrogen and oxygen atoms in total. The highest BCUT2D eigenvalue weighted by atomic mass is 16.5. The number of benzene rings is 1. The van der Waals surface area contributed by atoms with Crippen molar-refractivity contribution in [2.45, 2.75) is 25.7 Å². The topological polar surface area (TPSA) is 67.9 Å². The van der Waals surface area contributed by atoms with Gasteiger partial charge in [0, 0.05) is 25.3 Å². The molecular weight excluding hydrogens is 290 g/mol. The van der Waals surface area contributed by atoms with Crippen LogP contribution in [0.5, 0.6) is 0 Å². The molecule has 0 atom stereocenters. The van der Waals surface area contributed by atoms with Crippen LogP contribution in [-0.4, -0.2) is 28.5 Å². The summed E-state index contributed by atoms with van der Waals surface area (Å²) in [7, 11) is 0. The molecule has 5 heteroatoms. The quantitative estimate of drug-likeness (QED) is 0.812. The van der Waals surface area contributed by atoms with Crippen molar-refractivity contribution in [3.8, 4) is 11.8 Å². The molecule has 1 spiro atoms. The van der Waals surface area contributed by atoms with Crippen LogP contribution in [0, 0.1) is 16.7 Å². The van der Waals surface area contributed by atoms with Crippen LogP contribution in [0.4, 0.5) is 0 Å². The Bertz CT molecular complexity index is 793. The van der Waals surface area contributed by atoms with Crippen LogP contribution >= 0.6 is 0 Å². The van der Waals surface area contributed by atoms with Gasteiger partial charge in [-0.25, -0.2) is 4.98 Å². The van der Waals surface area contributed by atoms with Crippen molar-refractivity contribution >= 4 is 5.78 Å². The average Bonchev–Trinajstić information content (AvgIpc) is 2.99. The number of imidazole rings is 1. The first-order valence-electron chi connectivity index (χ1n) is 7.88. The smallest absolute Gasteiger partial charge is 0.182 e. The number of hydrogen-bond acceptors (Lipinski definition) is 4. The van der Waals surface area contributed by atoms with Gasteiger partial charge in [-0.2, -0.15) is 5.26 Å². The van der Waals surface area contributed by atoms with Gasteiger partial charge in [-0.15, -0.1) is 0 Å². The highest BCUT2D eigenvalue weighted by Gasteiger charge is 2.42. The second kappa shape index (κ2) is 5.32. The average molecular weight is 307 g/mol. The number of nitriles is 1. The summed E-state index contributed by atoms with van der Waals surface area (Å²) in [5.74, 6) is 0.162. The van der Waals surface area contributed by atoms with Crippen LogP contribution in [0.1, 0.15) is 41.0 Å². The van der Waals surface area contributed by atoms with E-state index in [1.54, 1.807) is 18.5 Å². The van der Waals surface area contributed by atoms with Gasteiger partial charge in [0.2, 0.25) is 0 Å². The van der Waals surface area contributed by atoms with Gasteiger partial charge in [-0.05, 0) is 48.9 Å². The summed E-state index contributed by atoms with van der Waals surface area (Å²) in [5.41, 5.74) is 3.11. The van der Waals surface area contributed by atoms with E-state index in [0.29, 0.717) is 17.7 Å². The normalized spacial score (nSPS) is 19.3. The van der Waals surface area contributed by atoms with E-state index in [1.807, 2.05) is 16.7 Å². The van der Waals surface area contributed by atoms with Crippen molar-refractivity contribution in [3.63, 3.8) is 0 Å². The fraction of sp³-hybridized carbons (Fsp3) is 0.389. The van der Waals surface area contributed by atoms with Crippen molar-refractivity contribution < 1.29 is 9.53 Å². The maximum Gasteiger partial charge on any atom is 0.182 e. The lowest BCUT2D eigenvalue weighted by atomic mass is 9.69. The van der Waals surface area contributed by atoms with Gasteiger partial charge in [0.25, 0.3) is 0 Å². The molecule has 1 aromatic heterocycles. The Labute approximate surface area is 134 Å². The van der Waals surface area contributed by atoms with Crippen molar-refractivity contribution in [2.24, 2.45) is 5.41 Å². The summed E-state index contributed by atoms with van der Waals surface area (Å²) in [6, 6.07) is 9.33. The van der Waals surface area contributed by atoms with Gasteiger partial charge in [0.1, 0.15) is 12.0 Å². The van der Waals surface area contributed by atoms with Gasteiger partial charge < -0.3 is 4.74 Å². The molecular formula is C18H17N3O2. The van der Waals surface area contributed by atoms with Crippen LogP contribution in [0.2, 0.25) is 0 Å². The van der Waals surface area contributed by atoms with Gasteiger partial charge in [0.15, 0.2) is 5.78 Å². The Morgan fingerprint density at radius 2 is 1.91 bits per heavy atom. The maximum atomic E-state index is 12.8. The Morgan fingerprint density at radius 1 is 1.17 bits per heavy atom. The van der Waals surface area contributed by atoms with Crippen LogP contribution < -0.4 is 0 Å². The SMILES string of the molecule is N#Cc1ccc(-n2cnc3c2C(=O)CC2(CCOCC2)C3)cc1. The van der Waals surface area contributed by atoms with Crippen molar-refractivity contribution in [1.82, 2.24) is 9.55 Å². The predicted molar refractivity (Wildman–Crippen MR) is 83.4 cm³/mol. The number of carbonyl (C=O) groups is 1. The van der Waals surface area contributed by atoms with Crippen LogP contribution in [0.25, 0.3) is 5.69 Å². The monoisotopic (exact) mass is 307 g/mol. The molecule has 0 saturated carbocycles. The number of carbonyl (C=O) groups excluding carboxylic acids is 1. The summed E-state index contributed by atoms with van der Waals surface area (Å²) >= 11 is 0. The molecule has 0 bridgehead atoms. The molecule has 1 aliphatic carbocycles. The van der Waals surface area contributed by atoms with E-state index in [9.17, 15) is 4.79 Å². The molecule has 0 radical (unpaired) electrons. The Balaban J connectivity index is 1.71. The molecule has 2 heterocycles. The summed E-state index contributed by atoms with van der Waals surface area (Å²) in [6.45, 7) is 1.47. The van der Waals surface area contributed by atoms with E-state index >= 15 is 0 Å². The van der Waals surface area contributed by atoms with E-state index in [1.165, 1.54) is 0 Å². The molecule has 2 aliphatic rings. The molecule has 23 heavy (non-hydrogen) atoms. The van der Waals surface area contributed by atoms with Crippen molar-refractivity contribution in [1.29, 1.82) is 5.26 Å². The number of rotatable bonds is 1. The molecule has 0 N–H and O–H groups in total. The number of aromatic nitrogens is 2. The lowest BCUT2D eigenvalue weighted by Gasteiger charge is -2.39. The standard InChI is InChI=1S/C18H17N3O2/c19-11-13-1-3-14(4-2-13)21-12-20-15-9-18(5-7-23-8-6-18)10-16(22)17(15)21/h1-4,12H,5-10H2. The zero-order valence-electron chi connectivity index (χ0n) is 12.8. The molecule has 1 fully saturated rings. The van der Waals surface area contributed by atoms with Gasteiger partial charge in [-0.1, -0.05) is 0 Å². The highest BCUT2D eigenvalue weighted by Crippen LogP contribution is 2.42. The second-order valence-electron chi connectivity index (χ2n) is 6.46. The number of ketones is 1. The van der Waals surface area contributed by atoms with Crippen LogP contribution in [0.15, 0.2) is 30.6 Å². The number of Topliss-reactive ketones (excluding diaryl/α,β-unsaturated/α-hetero) is 1. The summed E-state index contributed by atoms with van der Waals surface area (Å²) in [6.07, 6.45) is 5.01. The minimum Gasteiger partial charge on any atom is -0.381 e. The lowest BCUT2D eigenvalue weighted by Crippen LogP contribution is -2.38. The zero-order chi connectivity index (χ0) is 15.9. The third-order valence-electron chi connectivity index (χ3n) is 5.01. The molecule has 0 unspecified atom stereocenters. The maximum absolute atomic E-state index is 12.8. The molecule has 0 amide bonds. The highest BCUT2D eigenvalue weighted by molar-refractivity contribution is 5.97. The molecule has 1 saturated heterocycles. The van der Waals surface area contributed by atoms with Crippen LogP contribution in [0.3, 0.4) is 0 Å². The first-order valence-corrected chi connectivity index (χ1v) is 7.88. The van der Waals surface area contributed by atoms with Gasteiger partial charge >= 0.3 is 0 Å². The van der Waals surface area contributed by atoms with Gasteiger partial charge in [0.05, 0.1) is 17.3 Å². The fourth-order valence-corrected chi connectivity index (χ4v) is 3.70. The van der Waals surface area contributed by atoms with E-state index in [0.717, 1.165) is 43.9 Å². The Morgan fingerprint density at radius 3 is 2.61 bits per heavy atom. The Hall–Kier alpha value is -2.45. The Kier molecular flexibility index (Phi) is 3.28. The van der Waals surface area contributed by atoms with E-state index < -0.39 is 0 Å². The third kappa shape index (κ3) is 2.36. The van der Waals surface area contributed by atoms with Gasteiger partial charge in [-0.3, -0.25) is 9.36 Å². The first-order chi connectivity index (χ1) is 11.2. The second-order valence-corrected chi connectivity index (χ2v) is 6.46. The molecule has 2 aromatic rings. The fourth-order valence-electron chi connectivity index (χ4n) is 3.70. The van der Waals surface area contributed by atoms with Crippen molar-refractivity contribution in [3.05, 3.63) is 47.5 Å². The lowest BCUT2D eigenvalue weighted by molar-refractivity contribution is 0.00866. The van der Waals surface area contributed by atoms with E-state index in [4.69, 9.17) is 10.00 Å². The number of fused-ring (bicyclic) bond motifs is 1. The largest absolute Gasteiger partial charge is 0.381 e.